The maximum absolute atomic E-state index is 13.6. The van der Waals surface area contributed by atoms with Crippen LogP contribution in [-0.4, -0.2) is 38.6 Å². The Labute approximate surface area is 143 Å². The summed E-state index contributed by atoms with van der Waals surface area (Å²) in [5, 5.41) is 3.27. The summed E-state index contributed by atoms with van der Waals surface area (Å²) in [5.74, 6) is 1.46. The lowest BCUT2D eigenvalue weighted by molar-refractivity contribution is 0.414. The third-order valence-electron chi connectivity index (χ3n) is 3.79. The van der Waals surface area contributed by atoms with Gasteiger partial charge < -0.3 is 15.0 Å². The number of guanidine groups is 1. The number of nitrogens with zero attached hydrogens (tertiary/aromatic N) is 2. The molecule has 0 atom stereocenters. The Kier molecular flexibility index (Phi) is 6.61. The van der Waals surface area contributed by atoms with Crippen molar-refractivity contribution in [1.82, 2.24) is 10.2 Å². The molecule has 2 rings (SSSR count). The number of hydrogen-bond donors (Lipinski definition) is 1. The summed E-state index contributed by atoms with van der Waals surface area (Å²) in [6.45, 7) is 1.35. The maximum Gasteiger partial charge on any atom is 0.193 e. The van der Waals surface area contributed by atoms with Crippen molar-refractivity contribution < 1.29 is 9.13 Å². The number of halogens is 1. The second-order valence-corrected chi connectivity index (χ2v) is 5.52. The van der Waals surface area contributed by atoms with Crippen LogP contribution in [0.25, 0.3) is 0 Å². The van der Waals surface area contributed by atoms with E-state index in [1.807, 2.05) is 42.3 Å². The van der Waals surface area contributed by atoms with E-state index < -0.39 is 0 Å². The first kappa shape index (κ1) is 17.8. The summed E-state index contributed by atoms with van der Waals surface area (Å²) in [6, 6.07) is 14.8. The number of ether oxygens (including phenoxy) is 1. The van der Waals surface area contributed by atoms with Crippen molar-refractivity contribution in [2.24, 2.45) is 4.99 Å². The topological polar surface area (TPSA) is 36.9 Å². The van der Waals surface area contributed by atoms with Crippen LogP contribution in [0.3, 0.4) is 0 Å². The molecule has 0 amide bonds. The first-order chi connectivity index (χ1) is 11.6. The lowest BCUT2D eigenvalue weighted by Crippen LogP contribution is -2.39. The monoisotopic (exact) mass is 329 g/mol. The molecule has 24 heavy (non-hydrogen) atoms. The van der Waals surface area contributed by atoms with Crippen molar-refractivity contribution in [2.75, 3.05) is 27.7 Å². The molecule has 0 fully saturated rings. The minimum absolute atomic E-state index is 0.166. The standard InChI is InChI=1S/C19H24FN3O/c1-21-19(22-13-12-16-6-4-5-7-18(16)20)23(2)14-15-8-10-17(24-3)11-9-15/h4-11H,12-14H2,1-3H3,(H,21,22). The van der Waals surface area contributed by atoms with Crippen LogP contribution in [-0.2, 0) is 13.0 Å². The van der Waals surface area contributed by atoms with Gasteiger partial charge in [-0.1, -0.05) is 30.3 Å². The Morgan fingerprint density at radius 1 is 1.17 bits per heavy atom. The predicted molar refractivity (Wildman–Crippen MR) is 95.9 cm³/mol. The second-order valence-electron chi connectivity index (χ2n) is 5.52. The lowest BCUT2D eigenvalue weighted by atomic mass is 10.1. The molecule has 2 aromatic rings. The van der Waals surface area contributed by atoms with Crippen LogP contribution in [0.2, 0.25) is 0 Å². The first-order valence-electron chi connectivity index (χ1n) is 7.92. The number of aliphatic imine (C=N–C) groups is 1. The fourth-order valence-electron chi connectivity index (χ4n) is 2.47. The number of nitrogens with one attached hydrogen (secondary N) is 1. The molecule has 0 aliphatic rings. The van der Waals surface area contributed by atoms with Gasteiger partial charge in [0, 0.05) is 27.2 Å². The van der Waals surface area contributed by atoms with Crippen LogP contribution >= 0.6 is 0 Å². The highest BCUT2D eigenvalue weighted by molar-refractivity contribution is 5.79. The zero-order valence-corrected chi connectivity index (χ0v) is 14.4. The van der Waals surface area contributed by atoms with Crippen LogP contribution in [0, 0.1) is 5.82 Å². The van der Waals surface area contributed by atoms with Gasteiger partial charge in [0.05, 0.1) is 7.11 Å². The number of hydrogen-bond acceptors (Lipinski definition) is 2. The third-order valence-corrected chi connectivity index (χ3v) is 3.79. The molecule has 5 heteroatoms. The van der Waals surface area contributed by atoms with Crippen LogP contribution < -0.4 is 10.1 Å². The second kappa shape index (κ2) is 8.91. The molecule has 0 bridgehead atoms. The van der Waals surface area contributed by atoms with Gasteiger partial charge in [0.15, 0.2) is 5.96 Å². The predicted octanol–water partition coefficient (Wildman–Crippen LogP) is 3.08. The molecule has 0 heterocycles. The molecule has 0 spiro atoms. The summed E-state index contributed by atoms with van der Waals surface area (Å²) in [6.07, 6.45) is 0.613. The van der Waals surface area contributed by atoms with Gasteiger partial charge in [-0.3, -0.25) is 4.99 Å². The van der Waals surface area contributed by atoms with Gasteiger partial charge in [-0.2, -0.15) is 0 Å². The largest absolute Gasteiger partial charge is 0.497 e. The van der Waals surface area contributed by atoms with Gasteiger partial charge in [0.25, 0.3) is 0 Å². The van der Waals surface area contributed by atoms with Gasteiger partial charge >= 0.3 is 0 Å². The van der Waals surface area contributed by atoms with Crippen molar-refractivity contribution in [3.05, 3.63) is 65.5 Å². The Hall–Kier alpha value is -2.56. The Morgan fingerprint density at radius 3 is 2.50 bits per heavy atom. The molecule has 0 saturated heterocycles. The van der Waals surface area contributed by atoms with Crippen LogP contribution in [0.5, 0.6) is 5.75 Å². The van der Waals surface area contributed by atoms with E-state index in [0.29, 0.717) is 18.5 Å². The van der Waals surface area contributed by atoms with Gasteiger partial charge in [0.2, 0.25) is 0 Å². The molecule has 128 valence electrons. The molecule has 0 aliphatic heterocycles. The average Bonchev–Trinajstić information content (AvgIpc) is 2.60. The van der Waals surface area contributed by atoms with Gasteiger partial charge in [-0.05, 0) is 35.7 Å². The summed E-state index contributed by atoms with van der Waals surface area (Å²) in [4.78, 5) is 6.32. The molecule has 0 aromatic heterocycles. The fraction of sp³-hybridized carbons (Fsp3) is 0.316. The van der Waals surface area contributed by atoms with Crippen molar-refractivity contribution >= 4 is 5.96 Å². The molecule has 0 saturated carbocycles. The molecule has 4 nitrogen and oxygen atoms in total. The molecule has 0 radical (unpaired) electrons. The number of benzene rings is 2. The van der Waals surface area contributed by atoms with Gasteiger partial charge in [-0.15, -0.1) is 0 Å². The summed E-state index contributed by atoms with van der Waals surface area (Å²) < 4.78 is 18.8. The van der Waals surface area contributed by atoms with Crippen molar-refractivity contribution in [3.8, 4) is 5.75 Å². The molecule has 0 unspecified atom stereocenters. The highest BCUT2D eigenvalue weighted by atomic mass is 19.1. The highest BCUT2D eigenvalue weighted by Gasteiger charge is 2.07. The van der Waals surface area contributed by atoms with E-state index in [2.05, 4.69) is 10.3 Å². The third kappa shape index (κ3) is 4.98. The fourth-order valence-corrected chi connectivity index (χ4v) is 2.47. The number of methoxy groups -OCH3 is 1. The van der Waals surface area contributed by atoms with E-state index in [1.54, 1.807) is 26.3 Å². The highest BCUT2D eigenvalue weighted by Crippen LogP contribution is 2.12. The molecular formula is C19H24FN3O. The molecule has 2 aromatic carbocycles. The maximum atomic E-state index is 13.6. The number of rotatable bonds is 6. The normalized spacial score (nSPS) is 11.2. The summed E-state index contributed by atoms with van der Waals surface area (Å²) >= 11 is 0. The van der Waals surface area contributed by atoms with Crippen molar-refractivity contribution in [3.63, 3.8) is 0 Å². The van der Waals surface area contributed by atoms with E-state index in [0.717, 1.165) is 23.8 Å². The SMILES string of the molecule is CN=C(NCCc1ccccc1F)N(C)Cc1ccc(OC)cc1. The molecule has 0 aliphatic carbocycles. The van der Waals surface area contributed by atoms with Crippen LogP contribution in [0.15, 0.2) is 53.5 Å². The van der Waals surface area contributed by atoms with E-state index in [1.165, 1.54) is 6.07 Å². The van der Waals surface area contributed by atoms with Gasteiger partial charge in [0.1, 0.15) is 11.6 Å². The lowest BCUT2D eigenvalue weighted by Gasteiger charge is -2.22. The Balaban J connectivity index is 1.87. The quantitative estimate of drug-likeness (QED) is 0.654. The molecular weight excluding hydrogens is 305 g/mol. The van der Waals surface area contributed by atoms with E-state index in [4.69, 9.17) is 4.74 Å². The smallest absolute Gasteiger partial charge is 0.193 e. The first-order valence-corrected chi connectivity index (χ1v) is 7.92. The zero-order valence-electron chi connectivity index (χ0n) is 14.4. The molecule has 1 N–H and O–H groups in total. The Morgan fingerprint density at radius 2 is 1.88 bits per heavy atom. The zero-order chi connectivity index (χ0) is 17.4. The summed E-state index contributed by atoms with van der Waals surface area (Å²) in [7, 11) is 5.38. The average molecular weight is 329 g/mol. The van der Waals surface area contributed by atoms with Crippen LogP contribution in [0.1, 0.15) is 11.1 Å². The van der Waals surface area contributed by atoms with Crippen molar-refractivity contribution in [2.45, 2.75) is 13.0 Å². The minimum Gasteiger partial charge on any atom is -0.497 e. The van der Waals surface area contributed by atoms with E-state index in [-0.39, 0.29) is 5.82 Å². The minimum atomic E-state index is -0.166. The van der Waals surface area contributed by atoms with Gasteiger partial charge in [-0.25, -0.2) is 4.39 Å². The van der Waals surface area contributed by atoms with E-state index in [9.17, 15) is 4.39 Å². The van der Waals surface area contributed by atoms with E-state index >= 15 is 0 Å². The van der Waals surface area contributed by atoms with Crippen molar-refractivity contribution in [1.29, 1.82) is 0 Å². The summed E-state index contributed by atoms with van der Waals surface area (Å²) in [5.41, 5.74) is 1.87. The van der Waals surface area contributed by atoms with Crippen LogP contribution in [0.4, 0.5) is 4.39 Å². The Bertz CT molecular complexity index is 671.